The SMILES string of the molecule is O=C1CCC(NC(=O)c2ccc(C#CCO)s2)C(=O)N1. The first-order valence-corrected chi connectivity index (χ1v) is 6.76. The van der Waals surface area contributed by atoms with Crippen LogP contribution in [0.25, 0.3) is 0 Å². The van der Waals surface area contributed by atoms with Crippen molar-refractivity contribution in [3.63, 3.8) is 0 Å². The van der Waals surface area contributed by atoms with Crippen LogP contribution in [0.1, 0.15) is 27.4 Å². The molecule has 0 spiro atoms. The molecule has 6 nitrogen and oxygen atoms in total. The van der Waals surface area contributed by atoms with Crippen LogP contribution in [-0.2, 0) is 9.59 Å². The Morgan fingerprint density at radius 1 is 1.50 bits per heavy atom. The van der Waals surface area contributed by atoms with Crippen LogP contribution in [-0.4, -0.2) is 35.5 Å². The molecule has 20 heavy (non-hydrogen) atoms. The van der Waals surface area contributed by atoms with Crippen LogP contribution in [0.15, 0.2) is 12.1 Å². The van der Waals surface area contributed by atoms with Crippen LogP contribution in [0.4, 0.5) is 0 Å². The van der Waals surface area contributed by atoms with Gasteiger partial charge in [-0.15, -0.1) is 11.3 Å². The predicted molar refractivity (Wildman–Crippen MR) is 71.9 cm³/mol. The van der Waals surface area contributed by atoms with E-state index in [9.17, 15) is 14.4 Å². The molecule has 0 radical (unpaired) electrons. The topological polar surface area (TPSA) is 95.5 Å². The zero-order valence-electron chi connectivity index (χ0n) is 10.4. The van der Waals surface area contributed by atoms with E-state index in [2.05, 4.69) is 22.5 Å². The maximum absolute atomic E-state index is 12.0. The van der Waals surface area contributed by atoms with Crippen molar-refractivity contribution in [3.8, 4) is 11.8 Å². The van der Waals surface area contributed by atoms with Crippen molar-refractivity contribution in [1.82, 2.24) is 10.6 Å². The molecule has 3 amide bonds. The van der Waals surface area contributed by atoms with Gasteiger partial charge in [-0.05, 0) is 18.6 Å². The number of rotatable bonds is 2. The summed E-state index contributed by atoms with van der Waals surface area (Å²) >= 11 is 1.18. The normalized spacial score (nSPS) is 17.9. The Bertz CT molecular complexity index is 611. The van der Waals surface area contributed by atoms with Crippen molar-refractivity contribution in [2.45, 2.75) is 18.9 Å². The Hall–Kier alpha value is -2.17. The summed E-state index contributed by atoms with van der Waals surface area (Å²) in [7, 11) is 0. The highest BCUT2D eigenvalue weighted by atomic mass is 32.1. The van der Waals surface area contributed by atoms with Crippen LogP contribution in [0.3, 0.4) is 0 Å². The van der Waals surface area contributed by atoms with E-state index < -0.39 is 11.9 Å². The van der Waals surface area contributed by atoms with Gasteiger partial charge in [-0.1, -0.05) is 11.8 Å². The van der Waals surface area contributed by atoms with E-state index >= 15 is 0 Å². The molecule has 1 aliphatic rings. The second-order valence-corrected chi connectivity index (χ2v) is 5.18. The fourth-order valence-corrected chi connectivity index (χ4v) is 2.50. The highest BCUT2D eigenvalue weighted by Gasteiger charge is 2.28. The maximum atomic E-state index is 12.0. The molecule has 3 N–H and O–H groups in total. The van der Waals surface area contributed by atoms with E-state index in [4.69, 9.17) is 5.11 Å². The molecule has 0 saturated carbocycles. The lowest BCUT2D eigenvalue weighted by Gasteiger charge is -2.21. The third kappa shape index (κ3) is 3.44. The van der Waals surface area contributed by atoms with Gasteiger partial charge in [0.2, 0.25) is 11.8 Å². The molecule has 1 atom stereocenters. The summed E-state index contributed by atoms with van der Waals surface area (Å²) in [5.41, 5.74) is 0. The maximum Gasteiger partial charge on any atom is 0.262 e. The summed E-state index contributed by atoms with van der Waals surface area (Å²) in [6.07, 6.45) is 0.521. The molecule has 7 heteroatoms. The molecule has 1 fully saturated rings. The van der Waals surface area contributed by atoms with Crippen LogP contribution in [0.5, 0.6) is 0 Å². The molecule has 0 aliphatic carbocycles. The highest BCUT2D eigenvalue weighted by Crippen LogP contribution is 2.16. The minimum Gasteiger partial charge on any atom is -0.384 e. The quantitative estimate of drug-likeness (QED) is 0.512. The summed E-state index contributed by atoms with van der Waals surface area (Å²) in [6, 6.07) is 2.59. The number of hydrogen-bond acceptors (Lipinski definition) is 5. The second kappa shape index (κ2) is 6.32. The van der Waals surface area contributed by atoms with Crippen molar-refractivity contribution in [3.05, 3.63) is 21.9 Å². The van der Waals surface area contributed by atoms with Gasteiger partial charge in [0.15, 0.2) is 0 Å². The van der Waals surface area contributed by atoms with Crippen molar-refractivity contribution >= 4 is 29.1 Å². The Morgan fingerprint density at radius 3 is 3.00 bits per heavy atom. The average molecular weight is 292 g/mol. The van der Waals surface area contributed by atoms with Crippen molar-refractivity contribution < 1.29 is 19.5 Å². The number of imide groups is 1. The number of nitrogens with one attached hydrogen (secondary N) is 2. The summed E-state index contributed by atoms with van der Waals surface area (Å²) in [5.74, 6) is 4.02. The van der Waals surface area contributed by atoms with E-state index in [0.717, 1.165) is 0 Å². The molecule has 1 aromatic rings. The fraction of sp³-hybridized carbons (Fsp3) is 0.308. The van der Waals surface area contributed by atoms with Gasteiger partial charge in [0.05, 0.1) is 9.75 Å². The zero-order chi connectivity index (χ0) is 14.5. The number of hydrogen-bond donors (Lipinski definition) is 3. The molecule has 2 heterocycles. The van der Waals surface area contributed by atoms with E-state index in [-0.39, 0.29) is 24.8 Å². The number of carbonyl (C=O) groups excluding carboxylic acids is 3. The summed E-state index contributed by atoms with van der Waals surface area (Å²) in [5, 5.41) is 13.4. The van der Waals surface area contributed by atoms with E-state index in [1.165, 1.54) is 11.3 Å². The number of thiophene rings is 1. The average Bonchev–Trinajstić information content (AvgIpc) is 2.88. The van der Waals surface area contributed by atoms with Crippen molar-refractivity contribution in [2.24, 2.45) is 0 Å². The molecule has 0 aromatic carbocycles. The minimum absolute atomic E-state index is 0.217. The highest BCUT2D eigenvalue weighted by molar-refractivity contribution is 7.14. The molecule has 1 unspecified atom stereocenters. The van der Waals surface area contributed by atoms with Crippen molar-refractivity contribution in [2.75, 3.05) is 6.61 Å². The first-order chi connectivity index (χ1) is 9.60. The van der Waals surface area contributed by atoms with E-state index in [1.807, 2.05) is 0 Å². The summed E-state index contributed by atoms with van der Waals surface area (Å²) in [4.78, 5) is 35.6. The van der Waals surface area contributed by atoms with E-state index in [1.54, 1.807) is 12.1 Å². The molecule has 104 valence electrons. The van der Waals surface area contributed by atoms with Crippen LogP contribution in [0, 0.1) is 11.8 Å². The summed E-state index contributed by atoms with van der Waals surface area (Å²) in [6.45, 7) is -0.240. The molecule has 1 aliphatic heterocycles. The number of aliphatic hydroxyl groups excluding tert-OH is 1. The molecule has 0 bridgehead atoms. The third-order valence-electron chi connectivity index (χ3n) is 2.66. The zero-order valence-corrected chi connectivity index (χ0v) is 11.3. The molecule has 2 rings (SSSR count). The van der Waals surface area contributed by atoms with Gasteiger partial charge < -0.3 is 10.4 Å². The van der Waals surface area contributed by atoms with E-state index in [0.29, 0.717) is 16.2 Å². The van der Waals surface area contributed by atoms with Gasteiger partial charge in [0.1, 0.15) is 12.6 Å². The van der Waals surface area contributed by atoms with Gasteiger partial charge >= 0.3 is 0 Å². The first kappa shape index (κ1) is 14.2. The predicted octanol–water partition coefficient (Wildman–Crippen LogP) is -0.373. The molecule has 1 aromatic heterocycles. The second-order valence-electron chi connectivity index (χ2n) is 4.10. The van der Waals surface area contributed by atoms with Crippen LogP contribution in [0.2, 0.25) is 0 Å². The molecular formula is C13H12N2O4S. The van der Waals surface area contributed by atoms with Gasteiger partial charge in [-0.3, -0.25) is 19.7 Å². The lowest BCUT2D eigenvalue weighted by Crippen LogP contribution is -2.52. The number of aliphatic hydroxyl groups is 1. The van der Waals surface area contributed by atoms with Crippen molar-refractivity contribution in [1.29, 1.82) is 0 Å². The summed E-state index contributed by atoms with van der Waals surface area (Å²) < 4.78 is 0. The number of amides is 3. The first-order valence-electron chi connectivity index (χ1n) is 5.94. The molecule has 1 saturated heterocycles. The van der Waals surface area contributed by atoms with Gasteiger partial charge in [-0.2, -0.15) is 0 Å². The van der Waals surface area contributed by atoms with Crippen LogP contribution < -0.4 is 10.6 Å². The lowest BCUT2D eigenvalue weighted by atomic mass is 10.1. The minimum atomic E-state index is -0.686. The number of carbonyl (C=O) groups is 3. The molecular weight excluding hydrogens is 280 g/mol. The smallest absolute Gasteiger partial charge is 0.262 e. The Morgan fingerprint density at radius 2 is 2.30 bits per heavy atom. The van der Waals surface area contributed by atoms with Gasteiger partial charge in [0.25, 0.3) is 5.91 Å². The van der Waals surface area contributed by atoms with Gasteiger partial charge in [0, 0.05) is 6.42 Å². The Kier molecular flexibility index (Phi) is 4.50. The number of piperidine rings is 1. The Balaban J connectivity index is 1.99. The Labute approximate surface area is 119 Å². The third-order valence-corrected chi connectivity index (χ3v) is 3.66. The monoisotopic (exact) mass is 292 g/mol. The fourth-order valence-electron chi connectivity index (χ4n) is 1.71. The lowest BCUT2D eigenvalue weighted by molar-refractivity contribution is -0.134. The standard InChI is InChI=1S/C13H12N2O4S/c16-7-1-2-8-3-5-10(20-8)13(19)14-9-4-6-11(17)15-12(9)18/h3,5,9,16H,4,6-7H2,(H,14,19)(H,15,17,18). The van der Waals surface area contributed by atoms with Gasteiger partial charge in [-0.25, -0.2) is 0 Å². The van der Waals surface area contributed by atoms with Crippen LogP contribution >= 0.6 is 11.3 Å². The largest absolute Gasteiger partial charge is 0.384 e.